The van der Waals surface area contributed by atoms with Crippen molar-refractivity contribution in [3.05, 3.63) is 180 Å². The van der Waals surface area contributed by atoms with E-state index in [2.05, 4.69) is 155 Å². The number of nitriles is 1. The molecule has 0 spiro atoms. The van der Waals surface area contributed by atoms with Crippen molar-refractivity contribution >= 4 is 246 Å². The van der Waals surface area contributed by atoms with E-state index in [1.165, 1.54) is 6.07 Å². The molecular formula is C72H102Cl6I5N11O9V2-. The molecule has 105 heavy (non-hydrogen) atoms. The van der Waals surface area contributed by atoms with Crippen LogP contribution in [0, 0.1) is 18.3 Å². The fourth-order valence-corrected chi connectivity index (χ4v) is 8.02. The summed E-state index contributed by atoms with van der Waals surface area (Å²) in [4.78, 5) is 66.4. The predicted octanol–water partition coefficient (Wildman–Crippen LogP) is 24.1. The number of benzene rings is 6. The summed E-state index contributed by atoms with van der Waals surface area (Å²) in [6.07, 6.45) is 0.197. The van der Waals surface area contributed by atoms with Gasteiger partial charge in [-0.1, -0.05) is 122 Å². The Hall–Kier alpha value is -2.73. The van der Waals surface area contributed by atoms with Crippen LogP contribution in [0.5, 0.6) is 0 Å². The molecule has 0 bridgehead atoms. The average Bonchev–Trinajstić information content (AvgIpc) is 0.889. The number of carbonyl (C=O) groups is 5. The zero-order chi connectivity index (χ0) is 80.4. The third kappa shape index (κ3) is 62.6. The van der Waals surface area contributed by atoms with Crippen molar-refractivity contribution < 1.29 is 66.4 Å². The van der Waals surface area contributed by atoms with Crippen molar-refractivity contribution in [2.45, 2.75) is 139 Å². The van der Waals surface area contributed by atoms with Crippen LogP contribution in [0.25, 0.3) is 0 Å². The number of aldehydes is 1. The minimum Gasteiger partial charge on any atom is 0 e. The van der Waals surface area contributed by atoms with Gasteiger partial charge in [0.1, 0.15) is 22.4 Å². The molecule has 0 atom stereocenters. The van der Waals surface area contributed by atoms with E-state index in [4.69, 9.17) is 105 Å². The minimum atomic E-state index is -0.608. The molecule has 0 fully saturated rings. The summed E-state index contributed by atoms with van der Waals surface area (Å²) in [5.74, 6) is 0. The van der Waals surface area contributed by atoms with Crippen LogP contribution in [-0.2, 0) is 62.1 Å². The monoisotopic (exact) mass is 2210 g/mol. The van der Waals surface area contributed by atoms with Gasteiger partial charge in [-0.2, -0.15) is 12.2 Å². The number of nitrogen functional groups attached to an aromatic ring is 2. The Morgan fingerprint density at radius 1 is 0.524 bits per heavy atom. The molecule has 10 N–H and O–H groups in total. The molecule has 0 unspecified atom stereocenters. The number of hydrogen-bond donors (Lipinski definition) is 8. The Morgan fingerprint density at radius 3 is 1.18 bits per heavy atom. The first-order valence-electron chi connectivity index (χ1n) is 30.6. The minimum absolute atomic E-state index is 0. The molecule has 6 aromatic carbocycles. The number of ether oxygens (including phenoxy) is 4. The first-order chi connectivity index (χ1) is 47.9. The molecule has 20 nitrogen and oxygen atoms in total. The predicted molar refractivity (Wildman–Crippen MR) is 483 cm³/mol. The van der Waals surface area contributed by atoms with Crippen molar-refractivity contribution in [3.63, 3.8) is 0 Å². The molecule has 587 valence electrons. The number of rotatable bonds is 13. The maximum absolute atomic E-state index is 11.7. The SMILES string of the molecule is C.CC(C)(C)OC(=O)Nc1ccc(Cl)cc1.CC(C)(C)OC(=O)Nc1ccc(Cl)cc1C=O.CI.CI.CN(CC#N)Cc1cc(Cl)ccc1N.CN=Cc1cc(Cl)ccc1NC(=O)OC(C)(C)C.CNCc1cc(Cl)ccc1N.CNCc1cc(Cl)ccc1NC(=O)OC(C)(C)C.[CH2-]C.[I][V]([I])[I].[V]. The van der Waals surface area contributed by atoms with E-state index in [1.807, 2.05) is 122 Å². The smallest absolute Gasteiger partial charge is 0 e. The zero-order valence-corrected chi connectivity index (χ0v) is 80.0. The molecule has 6 rings (SSSR count). The van der Waals surface area contributed by atoms with Crippen LogP contribution in [-0.4, -0.2) is 109 Å². The molecule has 0 aliphatic carbocycles. The van der Waals surface area contributed by atoms with E-state index in [-0.39, 0.29) is 30.9 Å². The molecule has 0 aliphatic heterocycles. The number of anilines is 6. The molecular weight excluding hydrogens is 2110 g/mol. The standard InChI is InChI=1S/C13H19ClN2O2.C13H17ClN2O2.C12H14ClNO3.C11H14ClNO2.C10H12ClN3.C8H11ClN2.C2H5.2CH3I.CH4.3HI.2V/c2*1-13(2,3)18-12(17)16-11-6-5-10(14)7-9(11)8-15-4;1-12(2,3)17-11(16)14-10-5-4-9(13)6-8(10)7-15;1-11(2,3)15-10(14)13-9-6-4-8(12)5-7-9;1-14(5-4-12)7-8-6-9(11)2-3-10(8)13;1-11-5-6-4-7(9)2-3-8(6)10;3*1-2;;;;;;/h5-7,15H,8H2,1-4H3,(H,16,17);5-8H,1-4H3,(H,16,17);4-7H,1-3H3,(H,14,16);4-7H,1-3H3,(H,13,14);2-3,6H,5,7,13H2,1H3;2-4,11H,5,10H2,1H3;1H2,2H3;2*1H3;1H4;3*1H;;/q;;;;;;-1;;;;;;;;+3/p-3. The van der Waals surface area contributed by atoms with Crippen molar-refractivity contribution in [3.8, 4) is 6.07 Å². The van der Waals surface area contributed by atoms with Gasteiger partial charge in [0.25, 0.3) is 0 Å². The maximum Gasteiger partial charge on any atom is 0 e. The number of alkyl halides is 2. The van der Waals surface area contributed by atoms with Crippen LogP contribution >= 0.6 is 175 Å². The van der Waals surface area contributed by atoms with Crippen molar-refractivity contribution in [2.75, 3.05) is 77.3 Å². The van der Waals surface area contributed by atoms with Gasteiger partial charge in [-0.3, -0.25) is 36.0 Å². The van der Waals surface area contributed by atoms with Gasteiger partial charge < -0.3 is 48.0 Å². The topological polar surface area (TPSA) is 286 Å². The van der Waals surface area contributed by atoms with E-state index in [1.54, 1.807) is 126 Å². The number of nitrogens with zero attached hydrogens (tertiary/aromatic N) is 3. The Labute approximate surface area is 731 Å². The van der Waals surface area contributed by atoms with Gasteiger partial charge in [-0.15, -0.1) is 0 Å². The summed E-state index contributed by atoms with van der Waals surface area (Å²) in [6, 6.07) is 34.8. The number of nitrogens with one attached hydrogen (secondary N) is 6. The number of hydrogen-bond acceptors (Lipinski definition) is 16. The van der Waals surface area contributed by atoms with Gasteiger partial charge in [0, 0.05) is 115 Å². The number of aliphatic imine (C=N–C) groups is 1. The second kappa shape index (κ2) is 62.9. The molecule has 0 saturated heterocycles. The van der Waals surface area contributed by atoms with Crippen LogP contribution in [0.15, 0.2) is 120 Å². The van der Waals surface area contributed by atoms with Crippen LogP contribution in [0.3, 0.4) is 0 Å². The number of carbonyl (C=O) groups excluding carboxylic acids is 5. The summed E-state index contributed by atoms with van der Waals surface area (Å²) in [6.45, 7) is 29.0. The van der Waals surface area contributed by atoms with E-state index in [0.717, 1.165) is 39.5 Å². The Balaban J connectivity index is -0.000000273. The fourth-order valence-electron chi connectivity index (χ4n) is 6.95. The molecule has 0 heterocycles. The second-order valence-electron chi connectivity index (χ2n) is 24.1. The molecule has 0 aromatic heterocycles. The molecule has 1 radical (unpaired) electrons. The van der Waals surface area contributed by atoms with Crippen molar-refractivity contribution in [2.24, 2.45) is 4.99 Å². The summed E-state index contributed by atoms with van der Waals surface area (Å²) in [5, 5.41) is 28.7. The first-order valence-corrected chi connectivity index (χ1v) is 50.7. The third-order valence-corrected chi connectivity index (χ3v) is 12.0. The van der Waals surface area contributed by atoms with E-state index in [0.29, 0.717) is 85.0 Å². The van der Waals surface area contributed by atoms with Crippen molar-refractivity contribution in [1.29, 1.82) is 5.26 Å². The number of amides is 4. The van der Waals surface area contributed by atoms with E-state index < -0.39 is 46.8 Å². The first kappa shape index (κ1) is 113. The summed E-state index contributed by atoms with van der Waals surface area (Å²) in [7, 11) is 7.22. The Bertz CT molecular complexity index is 3530. The average molecular weight is 2210 g/mol. The molecule has 6 aromatic rings. The third-order valence-electron chi connectivity index (χ3n) is 10.6. The fraction of sp³-hybridized carbons (Fsp3) is 0.389. The van der Waals surface area contributed by atoms with Gasteiger partial charge in [-0.05, 0) is 246 Å². The Morgan fingerprint density at radius 2 is 0.819 bits per heavy atom. The zero-order valence-electron chi connectivity index (χ0n) is 61.9. The van der Waals surface area contributed by atoms with Gasteiger partial charge in [0.2, 0.25) is 0 Å². The molecule has 4 amide bonds. The van der Waals surface area contributed by atoms with Gasteiger partial charge >= 0.3 is 89.2 Å². The van der Waals surface area contributed by atoms with Crippen LogP contribution in [0.4, 0.5) is 53.3 Å². The summed E-state index contributed by atoms with van der Waals surface area (Å²) in [5.41, 5.74) is 17.1. The van der Waals surface area contributed by atoms with Gasteiger partial charge in [0.05, 0.1) is 24.0 Å². The van der Waals surface area contributed by atoms with Crippen LogP contribution in [0.2, 0.25) is 30.1 Å². The van der Waals surface area contributed by atoms with Gasteiger partial charge in [0.15, 0.2) is 6.29 Å². The molecule has 0 saturated carbocycles. The van der Waals surface area contributed by atoms with E-state index in [9.17, 15) is 24.0 Å². The van der Waals surface area contributed by atoms with Crippen molar-refractivity contribution in [1.82, 2.24) is 15.5 Å². The second-order valence-corrected chi connectivity index (χ2v) is 62.0. The number of nitrogens with two attached hydrogens (primary N) is 2. The van der Waals surface area contributed by atoms with Crippen LogP contribution < -0.4 is 43.4 Å². The molecule has 33 heteroatoms. The normalized spacial score (nSPS) is 10.1. The number of halogens is 11. The van der Waals surface area contributed by atoms with Crippen LogP contribution in [0.1, 0.15) is 130 Å². The van der Waals surface area contributed by atoms with E-state index >= 15 is 0 Å². The summed E-state index contributed by atoms with van der Waals surface area (Å²) < 4.78 is 20.5. The summed E-state index contributed by atoms with van der Waals surface area (Å²) >= 11 is 46.6. The largest absolute Gasteiger partial charge is 0 e. The quantitative estimate of drug-likeness (QED) is 0.00780. The van der Waals surface area contributed by atoms with Gasteiger partial charge in [-0.25, -0.2) is 19.2 Å². The maximum atomic E-state index is 11.7. The Kier molecular flexibility index (Phi) is 67.7. The molecule has 0 aliphatic rings.